The van der Waals surface area contributed by atoms with Gasteiger partial charge in [-0.05, 0) is 55.9 Å². The second kappa shape index (κ2) is 8.94. The number of carbonyl (C=O) groups is 2. The molecule has 0 saturated carbocycles. The molecule has 0 aliphatic heterocycles. The fourth-order valence-corrected chi connectivity index (χ4v) is 2.33. The highest BCUT2D eigenvalue weighted by molar-refractivity contribution is 7.80. The number of rotatable bonds is 5. The van der Waals surface area contributed by atoms with E-state index in [1.165, 1.54) is 0 Å². The lowest BCUT2D eigenvalue weighted by Gasteiger charge is -2.11. The van der Waals surface area contributed by atoms with Crippen LogP contribution in [0.25, 0.3) is 0 Å². The molecule has 130 valence electrons. The van der Waals surface area contributed by atoms with E-state index >= 15 is 0 Å². The number of benzene rings is 2. The van der Waals surface area contributed by atoms with Gasteiger partial charge in [0.15, 0.2) is 5.11 Å². The first kappa shape index (κ1) is 18.6. The van der Waals surface area contributed by atoms with E-state index in [0.717, 1.165) is 12.0 Å². The van der Waals surface area contributed by atoms with Gasteiger partial charge in [0.25, 0.3) is 11.8 Å². The number of carbonyl (C=O) groups excluding carboxylic acids is 2. The number of nitrogens with one attached hydrogen (secondary N) is 3. The van der Waals surface area contributed by atoms with E-state index < -0.39 is 0 Å². The zero-order valence-electron chi connectivity index (χ0n) is 14.3. The Morgan fingerprint density at radius 3 is 2.40 bits per heavy atom. The van der Waals surface area contributed by atoms with Crippen molar-refractivity contribution in [2.24, 2.45) is 0 Å². The predicted octanol–water partition coefficient (Wildman–Crippen LogP) is 3.26. The van der Waals surface area contributed by atoms with Crippen LogP contribution in [0.1, 0.15) is 39.6 Å². The largest absolute Gasteiger partial charge is 0.352 e. The minimum Gasteiger partial charge on any atom is -0.352 e. The molecule has 0 radical (unpaired) electrons. The Kier molecular flexibility index (Phi) is 6.65. The van der Waals surface area contributed by atoms with Crippen LogP contribution in [-0.4, -0.2) is 23.5 Å². The first-order chi connectivity index (χ1) is 12.0. The third kappa shape index (κ3) is 5.69. The third-order valence-corrected chi connectivity index (χ3v) is 3.66. The van der Waals surface area contributed by atoms with E-state index in [1.807, 2.05) is 26.0 Å². The molecule has 2 amide bonds. The Morgan fingerprint density at radius 2 is 1.72 bits per heavy atom. The van der Waals surface area contributed by atoms with Crippen LogP contribution in [0.2, 0.25) is 0 Å². The smallest absolute Gasteiger partial charge is 0.257 e. The van der Waals surface area contributed by atoms with Gasteiger partial charge < -0.3 is 10.6 Å². The molecule has 2 rings (SSSR count). The summed E-state index contributed by atoms with van der Waals surface area (Å²) in [5.74, 6) is -0.422. The topological polar surface area (TPSA) is 70.2 Å². The van der Waals surface area contributed by atoms with E-state index in [4.69, 9.17) is 12.2 Å². The molecular formula is C19H21N3O2S. The lowest BCUT2D eigenvalue weighted by Crippen LogP contribution is -2.34. The fourth-order valence-electron chi connectivity index (χ4n) is 2.12. The Labute approximate surface area is 152 Å². The molecule has 0 aliphatic carbocycles. The van der Waals surface area contributed by atoms with Crippen molar-refractivity contribution < 1.29 is 9.59 Å². The zero-order chi connectivity index (χ0) is 18.2. The zero-order valence-corrected chi connectivity index (χ0v) is 15.1. The maximum absolute atomic E-state index is 12.1. The van der Waals surface area contributed by atoms with Gasteiger partial charge in [-0.15, -0.1) is 0 Å². The molecule has 0 saturated heterocycles. The Hall–Kier alpha value is -2.73. The number of hydrogen-bond acceptors (Lipinski definition) is 3. The molecule has 0 unspecified atom stereocenters. The molecule has 2 aromatic rings. The highest BCUT2D eigenvalue weighted by atomic mass is 32.1. The molecule has 2 aromatic carbocycles. The van der Waals surface area contributed by atoms with Crippen molar-refractivity contribution in [1.29, 1.82) is 0 Å². The standard InChI is InChI=1S/C19H21N3O2S/c1-3-11-20-17(23)15-5-4-6-16(12-15)21-19(25)22-18(24)14-9-7-13(2)8-10-14/h4-10,12H,3,11H2,1-2H3,(H,20,23)(H2,21,22,24,25). The van der Waals surface area contributed by atoms with E-state index in [0.29, 0.717) is 23.4 Å². The summed E-state index contributed by atoms with van der Waals surface area (Å²) < 4.78 is 0. The summed E-state index contributed by atoms with van der Waals surface area (Å²) in [4.78, 5) is 24.1. The van der Waals surface area contributed by atoms with Crippen LogP contribution in [0.4, 0.5) is 5.69 Å². The molecule has 0 aliphatic rings. The lowest BCUT2D eigenvalue weighted by molar-refractivity contribution is 0.0951. The average Bonchev–Trinajstić information content (AvgIpc) is 2.60. The van der Waals surface area contributed by atoms with Crippen molar-refractivity contribution >= 4 is 34.8 Å². The van der Waals surface area contributed by atoms with Gasteiger partial charge in [0.05, 0.1) is 0 Å². The maximum Gasteiger partial charge on any atom is 0.257 e. The predicted molar refractivity (Wildman–Crippen MR) is 104 cm³/mol. The van der Waals surface area contributed by atoms with Crippen LogP contribution in [0, 0.1) is 6.92 Å². The molecular weight excluding hydrogens is 334 g/mol. The van der Waals surface area contributed by atoms with Crippen LogP contribution in [0.15, 0.2) is 48.5 Å². The van der Waals surface area contributed by atoms with Crippen molar-refractivity contribution in [3.05, 3.63) is 65.2 Å². The number of aryl methyl sites for hydroxylation is 1. The molecule has 6 heteroatoms. The maximum atomic E-state index is 12.1. The number of thiocarbonyl (C=S) groups is 1. The Bertz CT molecular complexity index is 772. The lowest BCUT2D eigenvalue weighted by atomic mass is 10.1. The van der Waals surface area contributed by atoms with Gasteiger partial charge in [0.2, 0.25) is 0 Å². The highest BCUT2D eigenvalue weighted by Gasteiger charge is 2.09. The fraction of sp³-hybridized carbons (Fsp3) is 0.211. The van der Waals surface area contributed by atoms with Crippen LogP contribution < -0.4 is 16.0 Å². The van der Waals surface area contributed by atoms with Crippen LogP contribution in [0.3, 0.4) is 0 Å². The van der Waals surface area contributed by atoms with Crippen LogP contribution in [-0.2, 0) is 0 Å². The first-order valence-corrected chi connectivity index (χ1v) is 8.47. The second-order valence-electron chi connectivity index (χ2n) is 5.61. The summed E-state index contributed by atoms with van der Waals surface area (Å²) >= 11 is 5.17. The van der Waals surface area contributed by atoms with Crippen LogP contribution in [0.5, 0.6) is 0 Å². The van der Waals surface area contributed by atoms with Crippen molar-refractivity contribution in [2.75, 3.05) is 11.9 Å². The Balaban J connectivity index is 1.97. The summed E-state index contributed by atoms with van der Waals surface area (Å²) in [6.45, 7) is 4.58. The number of amides is 2. The number of anilines is 1. The quantitative estimate of drug-likeness (QED) is 0.720. The number of hydrogen-bond donors (Lipinski definition) is 3. The summed E-state index contributed by atoms with van der Waals surface area (Å²) in [5.41, 5.74) is 2.78. The second-order valence-corrected chi connectivity index (χ2v) is 6.02. The summed E-state index contributed by atoms with van der Waals surface area (Å²) in [7, 11) is 0. The van der Waals surface area contributed by atoms with E-state index in [9.17, 15) is 9.59 Å². The Morgan fingerprint density at radius 1 is 1.00 bits per heavy atom. The van der Waals surface area contributed by atoms with Crippen molar-refractivity contribution in [1.82, 2.24) is 10.6 Å². The molecule has 0 fully saturated rings. The average molecular weight is 355 g/mol. The molecule has 0 atom stereocenters. The van der Waals surface area contributed by atoms with Gasteiger partial charge in [-0.2, -0.15) is 0 Å². The summed E-state index contributed by atoms with van der Waals surface area (Å²) in [5, 5.41) is 8.55. The van der Waals surface area contributed by atoms with E-state index in [-0.39, 0.29) is 16.9 Å². The van der Waals surface area contributed by atoms with Gasteiger partial charge >= 0.3 is 0 Å². The van der Waals surface area contributed by atoms with Crippen molar-refractivity contribution in [3.63, 3.8) is 0 Å². The summed E-state index contributed by atoms with van der Waals surface area (Å²) in [6, 6.07) is 14.2. The van der Waals surface area contributed by atoms with E-state index in [1.54, 1.807) is 36.4 Å². The normalized spacial score (nSPS) is 10.0. The van der Waals surface area contributed by atoms with E-state index in [2.05, 4.69) is 16.0 Å². The van der Waals surface area contributed by atoms with Gasteiger partial charge in [0, 0.05) is 23.4 Å². The van der Waals surface area contributed by atoms with Gasteiger partial charge in [-0.25, -0.2) is 0 Å². The van der Waals surface area contributed by atoms with Crippen molar-refractivity contribution in [2.45, 2.75) is 20.3 Å². The SMILES string of the molecule is CCCNC(=O)c1cccc(NC(=S)NC(=O)c2ccc(C)cc2)c1. The van der Waals surface area contributed by atoms with Gasteiger partial charge in [0.1, 0.15) is 0 Å². The molecule has 0 bridgehead atoms. The third-order valence-electron chi connectivity index (χ3n) is 3.46. The molecule has 0 spiro atoms. The molecule has 5 nitrogen and oxygen atoms in total. The van der Waals surface area contributed by atoms with Gasteiger partial charge in [-0.1, -0.05) is 30.7 Å². The van der Waals surface area contributed by atoms with Gasteiger partial charge in [-0.3, -0.25) is 14.9 Å². The molecule has 25 heavy (non-hydrogen) atoms. The molecule has 3 N–H and O–H groups in total. The minimum absolute atomic E-state index is 0.139. The minimum atomic E-state index is -0.283. The molecule has 0 aromatic heterocycles. The van der Waals surface area contributed by atoms with Crippen molar-refractivity contribution in [3.8, 4) is 0 Å². The molecule has 0 heterocycles. The monoisotopic (exact) mass is 355 g/mol. The summed E-state index contributed by atoms with van der Waals surface area (Å²) in [6.07, 6.45) is 0.874. The first-order valence-electron chi connectivity index (χ1n) is 8.07. The van der Waals surface area contributed by atoms with Crippen LogP contribution >= 0.6 is 12.2 Å². The highest BCUT2D eigenvalue weighted by Crippen LogP contribution is 2.11.